The van der Waals surface area contributed by atoms with Crippen LogP contribution in [-0.4, -0.2) is 35.0 Å². The van der Waals surface area contributed by atoms with E-state index in [2.05, 4.69) is 0 Å². The van der Waals surface area contributed by atoms with Crippen molar-refractivity contribution in [3.8, 4) is 0 Å². The van der Waals surface area contributed by atoms with Crippen LogP contribution < -0.4 is 0 Å². The molecule has 0 aromatic carbocycles. The second kappa shape index (κ2) is 7.39. The molecule has 1 amide bonds. The Balaban J connectivity index is 2.40. The third kappa shape index (κ3) is 4.67. The fraction of sp³-hybridized carbons (Fsp3) is 0.857. The Labute approximate surface area is 109 Å². The predicted molar refractivity (Wildman–Crippen MR) is 70.2 cm³/mol. The van der Waals surface area contributed by atoms with Crippen LogP contribution in [-0.2, 0) is 9.59 Å². The summed E-state index contributed by atoms with van der Waals surface area (Å²) in [4.78, 5) is 24.4. The molecule has 0 saturated heterocycles. The Morgan fingerprint density at radius 2 is 1.94 bits per heavy atom. The molecule has 4 nitrogen and oxygen atoms in total. The first kappa shape index (κ1) is 15.0. The van der Waals surface area contributed by atoms with Gasteiger partial charge < -0.3 is 10.0 Å². The van der Waals surface area contributed by atoms with Crippen molar-refractivity contribution in [3.05, 3.63) is 0 Å². The minimum Gasteiger partial charge on any atom is -0.481 e. The quantitative estimate of drug-likeness (QED) is 0.760. The summed E-state index contributed by atoms with van der Waals surface area (Å²) >= 11 is 0. The van der Waals surface area contributed by atoms with Gasteiger partial charge in [-0.2, -0.15) is 0 Å². The molecule has 1 aliphatic carbocycles. The summed E-state index contributed by atoms with van der Waals surface area (Å²) in [5.41, 5.74) is 0. The van der Waals surface area contributed by atoms with Crippen LogP contribution in [0.1, 0.15) is 52.4 Å². The van der Waals surface area contributed by atoms with E-state index < -0.39 is 5.97 Å². The summed E-state index contributed by atoms with van der Waals surface area (Å²) in [6, 6.07) is 0. The molecule has 0 heterocycles. The van der Waals surface area contributed by atoms with Gasteiger partial charge in [-0.1, -0.05) is 32.6 Å². The van der Waals surface area contributed by atoms with Gasteiger partial charge in [0.1, 0.15) is 0 Å². The maximum atomic E-state index is 12.2. The summed E-state index contributed by atoms with van der Waals surface area (Å²) in [5, 5.41) is 8.67. The maximum Gasteiger partial charge on any atom is 0.305 e. The molecule has 1 rings (SSSR count). The number of carboxylic acids is 1. The Morgan fingerprint density at radius 1 is 1.33 bits per heavy atom. The van der Waals surface area contributed by atoms with Crippen LogP contribution in [0.15, 0.2) is 0 Å². The van der Waals surface area contributed by atoms with Crippen molar-refractivity contribution in [1.29, 1.82) is 0 Å². The van der Waals surface area contributed by atoms with E-state index >= 15 is 0 Å². The number of hydrogen-bond acceptors (Lipinski definition) is 2. The first-order chi connectivity index (χ1) is 8.54. The van der Waals surface area contributed by atoms with E-state index in [9.17, 15) is 9.59 Å². The molecular formula is C14H25NO3. The van der Waals surface area contributed by atoms with E-state index in [-0.39, 0.29) is 18.2 Å². The van der Waals surface area contributed by atoms with Gasteiger partial charge in [-0.3, -0.25) is 9.59 Å². The molecule has 18 heavy (non-hydrogen) atoms. The molecule has 1 aliphatic rings. The number of carbonyl (C=O) groups excluding carboxylic acids is 1. The monoisotopic (exact) mass is 255 g/mol. The topological polar surface area (TPSA) is 57.6 Å². The van der Waals surface area contributed by atoms with Gasteiger partial charge in [0.2, 0.25) is 5.91 Å². The minimum atomic E-state index is -0.843. The second-order valence-corrected chi connectivity index (χ2v) is 5.35. The molecule has 1 fully saturated rings. The van der Waals surface area contributed by atoms with Gasteiger partial charge in [0, 0.05) is 19.0 Å². The van der Waals surface area contributed by atoms with Crippen LogP contribution in [0.2, 0.25) is 0 Å². The van der Waals surface area contributed by atoms with Crippen LogP contribution in [0, 0.1) is 11.8 Å². The number of nitrogens with zero attached hydrogens (tertiary/aromatic N) is 1. The molecule has 1 N–H and O–H groups in total. The molecule has 0 bridgehead atoms. The van der Waals surface area contributed by atoms with Gasteiger partial charge in [0.15, 0.2) is 0 Å². The smallest absolute Gasteiger partial charge is 0.305 e. The molecular weight excluding hydrogens is 230 g/mol. The molecule has 104 valence electrons. The Kier molecular flexibility index (Phi) is 6.16. The number of amides is 1. The van der Waals surface area contributed by atoms with Crippen molar-refractivity contribution in [1.82, 2.24) is 4.90 Å². The summed E-state index contributed by atoms with van der Waals surface area (Å²) in [6.07, 6.45) is 6.08. The minimum absolute atomic E-state index is 0.0295. The lowest BCUT2D eigenvalue weighted by molar-refractivity contribution is -0.139. The fourth-order valence-corrected chi connectivity index (χ4v) is 2.81. The molecule has 4 heteroatoms. The van der Waals surface area contributed by atoms with E-state index in [0.29, 0.717) is 19.0 Å². The number of carbonyl (C=O) groups is 2. The summed E-state index contributed by atoms with van der Waals surface area (Å²) in [7, 11) is 0. The predicted octanol–water partition coefficient (Wildman–Crippen LogP) is 2.53. The standard InChI is InChI=1S/C14H25NO3/c1-3-15(9-8-13(16)17)14(18)11(2)10-12-6-4-5-7-12/h11-12H,3-10H2,1-2H3,(H,16,17). The molecule has 0 radical (unpaired) electrons. The normalized spacial score (nSPS) is 17.7. The van der Waals surface area contributed by atoms with Gasteiger partial charge >= 0.3 is 5.97 Å². The van der Waals surface area contributed by atoms with Crippen LogP contribution in [0.25, 0.3) is 0 Å². The molecule has 0 aromatic rings. The highest BCUT2D eigenvalue weighted by atomic mass is 16.4. The number of aliphatic carboxylic acids is 1. The van der Waals surface area contributed by atoms with Crippen molar-refractivity contribution in [2.24, 2.45) is 11.8 Å². The summed E-state index contributed by atoms with van der Waals surface area (Å²) in [5.74, 6) is -0.000629. The van der Waals surface area contributed by atoms with E-state index in [4.69, 9.17) is 5.11 Å². The van der Waals surface area contributed by atoms with Gasteiger partial charge in [-0.15, -0.1) is 0 Å². The van der Waals surface area contributed by atoms with E-state index in [1.807, 2.05) is 13.8 Å². The average Bonchev–Trinajstić information content (AvgIpc) is 2.81. The highest BCUT2D eigenvalue weighted by Crippen LogP contribution is 2.30. The summed E-state index contributed by atoms with van der Waals surface area (Å²) in [6.45, 7) is 4.81. The fourth-order valence-electron chi connectivity index (χ4n) is 2.81. The number of hydrogen-bond donors (Lipinski definition) is 1. The first-order valence-electron chi connectivity index (χ1n) is 7.05. The highest BCUT2D eigenvalue weighted by Gasteiger charge is 2.24. The zero-order valence-corrected chi connectivity index (χ0v) is 11.5. The average molecular weight is 255 g/mol. The Bertz CT molecular complexity index is 285. The van der Waals surface area contributed by atoms with Crippen molar-refractivity contribution in [2.75, 3.05) is 13.1 Å². The molecule has 1 unspecified atom stereocenters. The largest absolute Gasteiger partial charge is 0.481 e. The lowest BCUT2D eigenvalue weighted by Gasteiger charge is -2.25. The van der Waals surface area contributed by atoms with Crippen LogP contribution >= 0.6 is 0 Å². The van der Waals surface area contributed by atoms with Crippen molar-refractivity contribution in [3.63, 3.8) is 0 Å². The van der Waals surface area contributed by atoms with Gasteiger partial charge in [0.05, 0.1) is 6.42 Å². The molecule has 0 spiro atoms. The third-order valence-corrected chi connectivity index (χ3v) is 3.87. The molecule has 0 aromatic heterocycles. The summed E-state index contributed by atoms with van der Waals surface area (Å²) < 4.78 is 0. The SMILES string of the molecule is CCN(CCC(=O)O)C(=O)C(C)CC1CCCC1. The van der Waals surface area contributed by atoms with Crippen molar-refractivity contribution < 1.29 is 14.7 Å². The zero-order valence-electron chi connectivity index (χ0n) is 11.5. The van der Waals surface area contributed by atoms with E-state index in [0.717, 1.165) is 6.42 Å². The lowest BCUT2D eigenvalue weighted by Crippen LogP contribution is -2.37. The van der Waals surface area contributed by atoms with Crippen molar-refractivity contribution >= 4 is 11.9 Å². The molecule has 0 aliphatic heterocycles. The second-order valence-electron chi connectivity index (χ2n) is 5.35. The third-order valence-electron chi connectivity index (χ3n) is 3.87. The number of rotatable bonds is 7. The number of carboxylic acid groups (broad SMARTS) is 1. The van der Waals surface area contributed by atoms with Gasteiger partial charge in [0.25, 0.3) is 0 Å². The Morgan fingerprint density at radius 3 is 2.44 bits per heavy atom. The van der Waals surface area contributed by atoms with Crippen LogP contribution in [0.3, 0.4) is 0 Å². The van der Waals surface area contributed by atoms with Gasteiger partial charge in [-0.05, 0) is 19.3 Å². The van der Waals surface area contributed by atoms with Crippen LogP contribution in [0.5, 0.6) is 0 Å². The first-order valence-corrected chi connectivity index (χ1v) is 7.05. The molecule has 1 saturated carbocycles. The lowest BCUT2D eigenvalue weighted by atomic mass is 9.93. The highest BCUT2D eigenvalue weighted by molar-refractivity contribution is 5.79. The van der Waals surface area contributed by atoms with Crippen LogP contribution in [0.4, 0.5) is 0 Å². The van der Waals surface area contributed by atoms with Gasteiger partial charge in [-0.25, -0.2) is 0 Å². The molecule has 1 atom stereocenters. The van der Waals surface area contributed by atoms with Crippen molar-refractivity contribution in [2.45, 2.75) is 52.4 Å². The van der Waals surface area contributed by atoms with E-state index in [1.165, 1.54) is 25.7 Å². The Hall–Kier alpha value is -1.06. The van der Waals surface area contributed by atoms with E-state index in [1.54, 1.807) is 4.90 Å². The zero-order chi connectivity index (χ0) is 13.5. The maximum absolute atomic E-state index is 12.2.